The lowest BCUT2D eigenvalue weighted by Crippen LogP contribution is -2.43. The summed E-state index contributed by atoms with van der Waals surface area (Å²) < 4.78 is 20.4. The van der Waals surface area contributed by atoms with Crippen LogP contribution in [-0.4, -0.2) is 38.2 Å². The molecule has 4 nitrogen and oxygen atoms in total. The number of amides is 1. The molecule has 1 aliphatic rings. The van der Waals surface area contributed by atoms with E-state index >= 15 is 0 Å². The van der Waals surface area contributed by atoms with Gasteiger partial charge in [0.15, 0.2) is 0 Å². The highest BCUT2D eigenvalue weighted by Gasteiger charge is 2.29. The van der Waals surface area contributed by atoms with Crippen LogP contribution in [-0.2, 0) is 16.1 Å². The lowest BCUT2D eigenvalue weighted by molar-refractivity contribution is -0.149. The summed E-state index contributed by atoms with van der Waals surface area (Å²) in [5.41, 5.74) is 3.40. The number of nitrogens with zero attached hydrogens (tertiary/aromatic N) is 2. The van der Waals surface area contributed by atoms with Gasteiger partial charge < -0.3 is 14.5 Å². The molecule has 162 valence electrons. The fraction of sp³-hybridized carbons (Fsp3) is 0.480. The molecule has 0 saturated heterocycles. The van der Waals surface area contributed by atoms with E-state index in [1.54, 1.807) is 24.1 Å². The molecule has 0 bridgehead atoms. The van der Waals surface area contributed by atoms with E-state index in [0.717, 1.165) is 42.5 Å². The average molecular weight is 413 g/mol. The van der Waals surface area contributed by atoms with Crippen molar-refractivity contribution < 1.29 is 13.9 Å². The molecule has 2 aromatic carbocycles. The predicted molar refractivity (Wildman–Crippen MR) is 120 cm³/mol. The SMILES string of the molecule is COC(C)N(Cc1ccc(-c2ccc(N(C)C)cc2)cc1F)C(=O)C1CCCCC1. The van der Waals surface area contributed by atoms with Crippen molar-refractivity contribution in [3.05, 3.63) is 53.8 Å². The van der Waals surface area contributed by atoms with Crippen LogP contribution >= 0.6 is 0 Å². The predicted octanol–water partition coefficient (Wildman–Crippen LogP) is 5.46. The Morgan fingerprint density at radius 3 is 2.27 bits per heavy atom. The molecule has 0 aliphatic heterocycles. The number of hydrogen-bond acceptors (Lipinski definition) is 3. The number of ether oxygens (including phenoxy) is 1. The number of benzene rings is 2. The molecule has 0 heterocycles. The second-order valence-electron chi connectivity index (χ2n) is 8.38. The molecule has 1 atom stereocenters. The summed E-state index contributed by atoms with van der Waals surface area (Å²) >= 11 is 0. The van der Waals surface area contributed by atoms with E-state index in [9.17, 15) is 9.18 Å². The van der Waals surface area contributed by atoms with Crippen LogP contribution in [0.1, 0.15) is 44.6 Å². The molecule has 5 heteroatoms. The minimum atomic E-state index is -0.392. The van der Waals surface area contributed by atoms with Gasteiger partial charge in [0.25, 0.3) is 0 Å². The Labute approximate surface area is 179 Å². The first-order valence-corrected chi connectivity index (χ1v) is 10.8. The van der Waals surface area contributed by atoms with E-state index in [1.165, 1.54) is 6.42 Å². The summed E-state index contributed by atoms with van der Waals surface area (Å²) in [5, 5.41) is 0. The summed E-state index contributed by atoms with van der Waals surface area (Å²) in [4.78, 5) is 16.8. The number of carbonyl (C=O) groups is 1. The topological polar surface area (TPSA) is 32.8 Å². The lowest BCUT2D eigenvalue weighted by Gasteiger charge is -2.33. The average Bonchev–Trinajstić information content (AvgIpc) is 2.78. The van der Waals surface area contributed by atoms with Crippen LogP contribution in [0.5, 0.6) is 0 Å². The maximum atomic E-state index is 15.0. The van der Waals surface area contributed by atoms with Crippen LogP contribution in [0.3, 0.4) is 0 Å². The number of rotatable bonds is 7. The van der Waals surface area contributed by atoms with Gasteiger partial charge in [-0.05, 0) is 49.1 Å². The molecule has 0 radical (unpaired) electrons. The van der Waals surface area contributed by atoms with Crippen LogP contribution in [0.2, 0.25) is 0 Å². The first kappa shape index (κ1) is 22.3. The molecule has 0 aromatic heterocycles. The zero-order valence-corrected chi connectivity index (χ0v) is 18.5. The van der Waals surface area contributed by atoms with Gasteiger partial charge in [-0.15, -0.1) is 0 Å². The molecule has 3 rings (SSSR count). The fourth-order valence-corrected chi connectivity index (χ4v) is 4.09. The van der Waals surface area contributed by atoms with E-state index in [2.05, 4.69) is 0 Å². The first-order chi connectivity index (χ1) is 14.4. The first-order valence-electron chi connectivity index (χ1n) is 10.8. The van der Waals surface area contributed by atoms with Crippen LogP contribution in [0.15, 0.2) is 42.5 Å². The van der Waals surface area contributed by atoms with Gasteiger partial charge in [0.2, 0.25) is 5.91 Å². The zero-order valence-electron chi connectivity index (χ0n) is 18.5. The fourth-order valence-electron chi connectivity index (χ4n) is 4.09. The summed E-state index contributed by atoms with van der Waals surface area (Å²) in [6, 6.07) is 13.3. The van der Waals surface area contributed by atoms with E-state index in [-0.39, 0.29) is 24.2 Å². The highest BCUT2D eigenvalue weighted by molar-refractivity contribution is 5.79. The number of hydrogen-bond donors (Lipinski definition) is 0. The second-order valence-corrected chi connectivity index (χ2v) is 8.38. The van der Waals surface area contributed by atoms with Gasteiger partial charge in [0.1, 0.15) is 12.0 Å². The molecule has 1 saturated carbocycles. The maximum absolute atomic E-state index is 15.0. The van der Waals surface area contributed by atoms with Gasteiger partial charge in [0, 0.05) is 38.4 Å². The van der Waals surface area contributed by atoms with Crippen LogP contribution in [0.25, 0.3) is 11.1 Å². The smallest absolute Gasteiger partial charge is 0.228 e. The maximum Gasteiger partial charge on any atom is 0.228 e. The third-order valence-electron chi connectivity index (χ3n) is 6.13. The van der Waals surface area contributed by atoms with Gasteiger partial charge in [-0.2, -0.15) is 0 Å². The number of carbonyl (C=O) groups excluding carboxylic acids is 1. The minimum absolute atomic E-state index is 0.0221. The summed E-state index contributed by atoms with van der Waals surface area (Å²) in [6.45, 7) is 2.06. The van der Waals surface area contributed by atoms with E-state index < -0.39 is 6.23 Å². The molecule has 1 amide bonds. The highest BCUT2D eigenvalue weighted by atomic mass is 19.1. The van der Waals surface area contributed by atoms with E-state index in [1.807, 2.05) is 56.3 Å². The summed E-state index contributed by atoms with van der Waals surface area (Å²) in [6.07, 6.45) is 4.79. The minimum Gasteiger partial charge on any atom is -0.378 e. The van der Waals surface area contributed by atoms with Gasteiger partial charge in [0.05, 0.1) is 6.54 Å². The number of methoxy groups -OCH3 is 1. The third-order valence-corrected chi connectivity index (χ3v) is 6.13. The Kier molecular flexibility index (Phi) is 7.48. The second kappa shape index (κ2) is 10.1. The van der Waals surface area contributed by atoms with Crippen molar-refractivity contribution in [2.24, 2.45) is 5.92 Å². The Hall–Kier alpha value is -2.40. The van der Waals surface area contributed by atoms with Crippen molar-refractivity contribution in [3.8, 4) is 11.1 Å². The van der Waals surface area contributed by atoms with Crippen molar-refractivity contribution in [1.82, 2.24) is 4.90 Å². The molecule has 0 N–H and O–H groups in total. The molecular formula is C25H33FN2O2. The Balaban J connectivity index is 1.79. The van der Waals surface area contributed by atoms with Gasteiger partial charge in [-0.1, -0.05) is 43.5 Å². The zero-order chi connectivity index (χ0) is 21.7. The molecule has 1 unspecified atom stereocenters. The van der Waals surface area contributed by atoms with Crippen molar-refractivity contribution in [1.29, 1.82) is 0 Å². The monoisotopic (exact) mass is 412 g/mol. The normalized spacial score (nSPS) is 15.6. The molecule has 1 fully saturated rings. The molecule has 0 spiro atoms. The van der Waals surface area contributed by atoms with Crippen molar-refractivity contribution in [3.63, 3.8) is 0 Å². The van der Waals surface area contributed by atoms with Crippen molar-refractivity contribution in [2.75, 3.05) is 26.1 Å². The van der Waals surface area contributed by atoms with Crippen molar-refractivity contribution in [2.45, 2.75) is 51.8 Å². The van der Waals surface area contributed by atoms with Gasteiger partial charge in [-0.25, -0.2) is 4.39 Å². The molecular weight excluding hydrogens is 379 g/mol. The Bertz CT molecular complexity index is 845. The van der Waals surface area contributed by atoms with E-state index in [4.69, 9.17) is 4.74 Å². The van der Waals surface area contributed by atoms with Crippen molar-refractivity contribution >= 4 is 11.6 Å². The molecule has 1 aliphatic carbocycles. The van der Waals surface area contributed by atoms with Crippen LogP contribution in [0, 0.1) is 11.7 Å². The van der Waals surface area contributed by atoms with E-state index in [0.29, 0.717) is 5.56 Å². The van der Waals surface area contributed by atoms with Crippen LogP contribution in [0.4, 0.5) is 10.1 Å². The standard InChI is InChI=1S/C25H33FN2O2/c1-18(30-4)28(25(29)20-8-6-5-7-9-20)17-22-11-10-21(16-24(22)26)19-12-14-23(15-13-19)27(2)3/h10-16,18,20H,5-9,17H2,1-4H3. The highest BCUT2D eigenvalue weighted by Crippen LogP contribution is 2.29. The molecule has 30 heavy (non-hydrogen) atoms. The quantitative estimate of drug-likeness (QED) is 0.566. The largest absolute Gasteiger partial charge is 0.378 e. The number of halogens is 1. The Morgan fingerprint density at radius 2 is 1.70 bits per heavy atom. The lowest BCUT2D eigenvalue weighted by atomic mass is 9.88. The number of anilines is 1. The Morgan fingerprint density at radius 1 is 1.07 bits per heavy atom. The van der Waals surface area contributed by atoms with Crippen LogP contribution < -0.4 is 4.90 Å². The van der Waals surface area contributed by atoms with Gasteiger partial charge in [-0.3, -0.25) is 4.79 Å². The van der Waals surface area contributed by atoms with Gasteiger partial charge >= 0.3 is 0 Å². The third kappa shape index (κ3) is 5.20. The molecule has 2 aromatic rings. The summed E-state index contributed by atoms with van der Waals surface area (Å²) in [7, 11) is 5.57. The summed E-state index contributed by atoms with van der Waals surface area (Å²) in [5.74, 6) is -0.199.